The second-order valence-corrected chi connectivity index (χ2v) is 4.10. The van der Waals surface area contributed by atoms with Gasteiger partial charge in [-0.3, -0.25) is 9.67 Å². The Morgan fingerprint density at radius 2 is 2.28 bits per heavy atom. The van der Waals surface area contributed by atoms with Gasteiger partial charge >= 0.3 is 0 Å². The Labute approximate surface area is 105 Å². The zero-order chi connectivity index (χ0) is 13.0. The van der Waals surface area contributed by atoms with Crippen molar-refractivity contribution in [3.8, 4) is 0 Å². The molecule has 0 bridgehead atoms. The molecule has 1 unspecified atom stereocenters. The van der Waals surface area contributed by atoms with Crippen molar-refractivity contribution in [2.75, 3.05) is 6.54 Å². The molecule has 0 saturated carbocycles. The van der Waals surface area contributed by atoms with Crippen LogP contribution in [0, 0.1) is 5.82 Å². The van der Waals surface area contributed by atoms with E-state index < -0.39 is 0 Å². The number of nitrogens with zero attached hydrogens (tertiary/aromatic N) is 4. The van der Waals surface area contributed by atoms with E-state index in [1.54, 1.807) is 10.7 Å². The van der Waals surface area contributed by atoms with E-state index in [1.807, 2.05) is 20.2 Å². The van der Waals surface area contributed by atoms with Crippen molar-refractivity contribution < 1.29 is 4.39 Å². The van der Waals surface area contributed by atoms with Crippen LogP contribution in [-0.4, -0.2) is 26.5 Å². The fourth-order valence-electron chi connectivity index (χ4n) is 1.82. The number of hydrogen-bond donors (Lipinski definition) is 1. The molecule has 0 aliphatic carbocycles. The van der Waals surface area contributed by atoms with E-state index in [1.165, 1.54) is 12.3 Å². The minimum atomic E-state index is -0.325. The summed E-state index contributed by atoms with van der Waals surface area (Å²) in [6.07, 6.45) is 3.78. The number of aryl methyl sites for hydroxylation is 1. The van der Waals surface area contributed by atoms with Gasteiger partial charge in [0.25, 0.3) is 0 Å². The van der Waals surface area contributed by atoms with Gasteiger partial charge in [-0.1, -0.05) is 12.1 Å². The van der Waals surface area contributed by atoms with Crippen LogP contribution in [0.2, 0.25) is 0 Å². The Morgan fingerprint density at radius 3 is 2.83 bits per heavy atom. The average Bonchev–Trinajstić information content (AvgIpc) is 2.75. The summed E-state index contributed by atoms with van der Waals surface area (Å²) in [6, 6.07) is 3.13. The maximum absolute atomic E-state index is 12.9. The van der Waals surface area contributed by atoms with Gasteiger partial charge in [-0.25, -0.2) is 4.39 Å². The molecule has 0 aliphatic heterocycles. The molecule has 0 aliphatic rings. The van der Waals surface area contributed by atoms with Crippen LogP contribution in [0.15, 0.2) is 24.5 Å². The topological polar surface area (TPSA) is 55.6 Å². The molecular weight excluding hydrogens is 233 g/mol. The van der Waals surface area contributed by atoms with E-state index in [0.29, 0.717) is 6.42 Å². The molecule has 2 aromatic heterocycles. The second kappa shape index (κ2) is 5.68. The molecule has 1 atom stereocenters. The SMILES string of the molecule is CCNC(Cc1cn(C)nn1)c1ccc(F)cn1. The predicted octanol–water partition coefficient (Wildman–Crippen LogP) is 1.24. The lowest BCUT2D eigenvalue weighted by Gasteiger charge is -2.15. The minimum absolute atomic E-state index is 0.0206. The lowest BCUT2D eigenvalue weighted by atomic mass is 10.1. The van der Waals surface area contributed by atoms with E-state index in [2.05, 4.69) is 20.6 Å². The smallest absolute Gasteiger partial charge is 0.141 e. The number of halogens is 1. The molecule has 2 rings (SSSR count). The highest BCUT2D eigenvalue weighted by atomic mass is 19.1. The third-order valence-electron chi connectivity index (χ3n) is 2.62. The van der Waals surface area contributed by atoms with Gasteiger partial charge in [0.2, 0.25) is 0 Å². The van der Waals surface area contributed by atoms with E-state index >= 15 is 0 Å². The summed E-state index contributed by atoms with van der Waals surface area (Å²) in [7, 11) is 1.83. The summed E-state index contributed by atoms with van der Waals surface area (Å²) in [5, 5.41) is 11.3. The first-order valence-electron chi connectivity index (χ1n) is 5.89. The van der Waals surface area contributed by atoms with Crippen LogP contribution in [0.1, 0.15) is 24.4 Å². The van der Waals surface area contributed by atoms with E-state index in [-0.39, 0.29) is 11.9 Å². The van der Waals surface area contributed by atoms with Crippen molar-refractivity contribution in [2.45, 2.75) is 19.4 Å². The second-order valence-electron chi connectivity index (χ2n) is 4.10. The van der Waals surface area contributed by atoms with Crippen LogP contribution >= 0.6 is 0 Å². The van der Waals surface area contributed by atoms with Crippen molar-refractivity contribution in [3.05, 3.63) is 41.7 Å². The molecule has 0 radical (unpaired) electrons. The van der Waals surface area contributed by atoms with Gasteiger partial charge in [-0.15, -0.1) is 5.10 Å². The number of hydrogen-bond acceptors (Lipinski definition) is 4. The molecule has 2 aromatic rings. The van der Waals surface area contributed by atoms with Crippen molar-refractivity contribution in [1.29, 1.82) is 0 Å². The van der Waals surface area contributed by atoms with Gasteiger partial charge in [0, 0.05) is 19.7 Å². The molecule has 96 valence electrons. The molecule has 0 spiro atoms. The van der Waals surface area contributed by atoms with Gasteiger partial charge < -0.3 is 5.32 Å². The first kappa shape index (κ1) is 12.6. The zero-order valence-electron chi connectivity index (χ0n) is 10.5. The van der Waals surface area contributed by atoms with Crippen LogP contribution in [0.4, 0.5) is 4.39 Å². The highest BCUT2D eigenvalue weighted by molar-refractivity contribution is 5.12. The number of aromatic nitrogens is 4. The normalized spacial score (nSPS) is 12.6. The fourth-order valence-corrected chi connectivity index (χ4v) is 1.82. The monoisotopic (exact) mass is 249 g/mol. The third-order valence-corrected chi connectivity index (χ3v) is 2.62. The maximum atomic E-state index is 12.9. The first-order valence-corrected chi connectivity index (χ1v) is 5.89. The van der Waals surface area contributed by atoms with Crippen LogP contribution in [-0.2, 0) is 13.5 Å². The summed E-state index contributed by atoms with van der Waals surface area (Å²) >= 11 is 0. The maximum Gasteiger partial charge on any atom is 0.141 e. The third kappa shape index (κ3) is 3.10. The van der Waals surface area contributed by atoms with Crippen LogP contribution < -0.4 is 5.32 Å². The number of nitrogens with one attached hydrogen (secondary N) is 1. The fraction of sp³-hybridized carbons (Fsp3) is 0.417. The molecule has 2 heterocycles. The Morgan fingerprint density at radius 1 is 1.44 bits per heavy atom. The average molecular weight is 249 g/mol. The largest absolute Gasteiger partial charge is 0.309 e. The van der Waals surface area contributed by atoms with Gasteiger partial charge in [-0.2, -0.15) is 0 Å². The Hall–Kier alpha value is -1.82. The van der Waals surface area contributed by atoms with E-state index in [0.717, 1.165) is 17.9 Å². The predicted molar refractivity (Wildman–Crippen MR) is 65.3 cm³/mol. The Balaban J connectivity index is 2.14. The molecule has 0 aromatic carbocycles. The van der Waals surface area contributed by atoms with Crippen molar-refractivity contribution in [2.24, 2.45) is 7.05 Å². The molecule has 0 amide bonds. The molecule has 5 nitrogen and oxygen atoms in total. The minimum Gasteiger partial charge on any atom is -0.309 e. The van der Waals surface area contributed by atoms with Gasteiger partial charge in [-0.05, 0) is 18.7 Å². The summed E-state index contributed by atoms with van der Waals surface area (Å²) < 4.78 is 14.5. The summed E-state index contributed by atoms with van der Waals surface area (Å²) in [5.74, 6) is -0.325. The number of pyridine rings is 1. The molecule has 18 heavy (non-hydrogen) atoms. The van der Waals surface area contributed by atoms with Crippen molar-refractivity contribution in [3.63, 3.8) is 0 Å². The van der Waals surface area contributed by atoms with Crippen molar-refractivity contribution in [1.82, 2.24) is 25.3 Å². The highest BCUT2D eigenvalue weighted by Gasteiger charge is 2.14. The van der Waals surface area contributed by atoms with Gasteiger partial charge in [0.05, 0.1) is 23.6 Å². The zero-order valence-corrected chi connectivity index (χ0v) is 10.5. The lowest BCUT2D eigenvalue weighted by Crippen LogP contribution is -2.24. The highest BCUT2D eigenvalue weighted by Crippen LogP contribution is 2.15. The van der Waals surface area contributed by atoms with Gasteiger partial charge in [0.15, 0.2) is 0 Å². The molecule has 6 heteroatoms. The van der Waals surface area contributed by atoms with Crippen LogP contribution in [0.5, 0.6) is 0 Å². The molecule has 0 fully saturated rings. The summed E-state index contributed by atoms with van der Waals surface area (Å²) in [6.45, 7) is 2.83. The number of rotatable bonds is 5. The van der Waals surface area contributed by atoms with E-state index in [9.17, 15) is 4.39 Å². The van der Waals surface area contributed by atoms with Crippen LogP contribution in [0.25, 0.3) is 0 Å². The standard InChI is InChI=1S/C12H16FN5/c1-3-14-12(6-10-8-18(2)17-16-10)11-5-4-9(13)7-15-11/h4-5,7-8,12,14H,3,6H2,1-2H3. The summed E-state index contributed by atoms with van der Waals surface area (Å²) in [5.41, 5.74) is 1.69. The Kier molecular flexibility index (Phi) is 3.99. The lowest BCUT2D eigenvalue weighted by molar-refractivity contribution is 0.526. The summed E-state index contributed by atoms with van der Waals surface area (Å²) in [4.78, 5) is 4.11. The van der Waals surface area contributed by atoms with Gasteiger partial charge in [0.1, 0.15) is 5.82 Å². The van der Waals surface area contributed by atoms with E-state index in [4.69, 9.17) is 0 Å². The Bertz CT molecular complexity index is 493. The molecule has 1 N–H and O–H groups in total. The number of likely N-dealkylation sites (N-methyl/N-ethyl adjacent to an activating group) is 1. The first-order chi connectivity index (χ1) is 8.69. The van der Waals surface area contributed by atoms with Crippen molar-refractivity contribution >= 4 is 0 Å². The molecule has 0 saturated heterocycles. The molecular formula is C12H16FN5. The quantitative estimate of drug-likeness (QED) is 0.866. The van der Waals surface area contributed by atoms with Crippen LogP contribution in [0.3, 0.4) is 0 Å².